The number of para-hydroxylation sites is 1. The molecule has 0 unspecified atom stereocenters. The zero-order valence-electron chi connectivity index (χ0n) is 12.5. The van der Waals surface area contributed by atoms with E-state index in [4.69, 9.17) is 4.98 Å². The quantitative estimate of drug-likeness (QED) is 0.547. The molecule has 2 aromatic carbocycles. The van der Waals surface area contributed by atoms with Gasteiger partial charge in [-0.15, -0.1) is 24.8 Å². The number of hydrogen-bond acceptors (Lipinski definition) is 3. The summed E-state index contributed by atoms with van der Waals surface area (Å²) in [5, 5.41) is 1.01. The number of nitrogens with zero attached hydrogens (tertiary/aromatic N) is 4. The van der Waals surface area contributed by atoms with Gasteiger partial charge in [0.25, 0.3) is 0 Å². The normalized spacial score (nSPS) is 9.50. The molecule has 0 saturated carbocycles. The monoisotopic (exact) mass is 362 g/mol. The lowest BCUT2D eigenvalue weighted by atomic mass is 10.2. The van der Waals surface area contributed by atoms with Gasteiger partial charge in [-0.25, -0.2) is 15.0 Å². The van der Waals surface area contributed by atoms with E-state index in [0.29, 0.717) is 0 Å². The SMILES string of the molecule is Cl.Cl.O.c1ccc(-c2nc(-n3ccnc3)c3ccccc3n2)cc1. The van der Waals surface area contributed by atoms with E-state index in [-0.39, 0.29) is 30.3 Å². The minimum atomic E-state index is 0. The molecule has 0 atom stereocenters. The summed E-state index contributed by atoms with van der Waals surface area (Å²) < 4.78 is 1.91. The minimum Gasteiger partial charge on any atom is -0.412 e. The average molecular weight is 363 g/mol. The Labute approximate surface area is 151 Å². The van der Waals surface area contributed by atoms with Crippen molar-refractivity contribution in [3.63, 3.8) is 0 Å². The Kier molecular flexibility index (Phi) is 6.85. The molecule has 2 heterocycles. The van der Waals surface area contributed by atoms with Crippen LogP contribution in [0.1, 0.15) is 0 Å². The molecule has 24 heavy (non-hydrogen) atoms. The number of rotatable bonds is 2. The minimum absolute atomic E-state index is 0. The molecule has 124 valence electrons. The third-order valence-electron chi connectivity index (χ3n) is 3.36. The predicted octanol–water partition coefficient (Wildman–Crippen LogP) is 3.50. The summed E-state index contributed by atoms with van der Waals surface area (Å²) in [5.41, 5.74) is 1.93. The van der Waals surface area contributed by atoms with Gasteiger partial charge in [0.1, 0.15) is 12.1 Å². The fourth-order valence-electron chi connectivity index (χ4n) is 2.36. The molecule has 0 aliphatic heterocycles. The van der Waals surface area contributed by atoms with Crippen LogP contribution in [0.2, 0.25) is 0 Å². The molecular weight excluding hydrogens is 347 g/mol. The second-order valence-corrected chi connectivity index (χ2v) is 4.72. The van der Waals surface area contributed by atoms with Crippen molar-refractivity contribution >= 4 is 35.7 Å². The molecule has 7 heteroatoms. The lowest BCUT2D eigenvalue weighted by molar-refractivity contribution is 0.824. The first-order valence-electron chi connectivity index (χ1n) is 6.72. The van der Waals surface area contributed by atoms with Gasteiger partial charge in [0.2, 0.25) is 0 Å². The summed E-state index contributed by atoms with van der Waals surface area (Å²) in [6, 6.07) is 18.0. The van der Waals surface area contributed by atoms with E-state index in [9.17, 15) is 0 Å². The number of fused-ring (bicyclic) bond motifs is 1. The molecule has 0 spiro atoms. The van der Waals surface area contributed by atoms with E-state index in [0.717, 1.165) is 28.1 Å². The highest BCUT2D eigenvalue weighted by Gasteiger charge is 2.10. The maximum Gasteiger partial charge on any atom is 0.162 e. The largest absolute Gasteiger partial charge is 0.412 e. The van der Waals surface area contributed by atoms with Crippen LogP contribution in [-0.2, 0) is 0 Å². The van der Waals surface area contributed by atoms with E-state index < -0.39 is 0 Å². The van der Waals surface area contributed by atoms with Gasteiger partial charge in [-0.05, 0) is 12.1 Å². The summed E-state index contributed by atoms with van der Waals surface area (Å²) >= 11 is 0. The lowest BCUT2D eigenvalue weighted by Gasteiger charge is -2.09. The zero-order chi connectivity index (χ0) is 14.1. The predicted molar refractivity (Wildman–Crippen MR) is 100 cm³/mol. The molecule has 0 fully saturated rings. The van der Waals surface area contributed by atoms with Gasteiger partial charge in [0.15, 0.2) is 5.82 Å². The molecule has 5 nitrogen and oxygen atoms in total. The first kappa shape index (κ1) is 19.6. The zero-order valence-corrected chi connectivity index (χ0v) is 14.2. The molecule has 0 aliphatic rings. The van der Waals surface area contributed by atoms with Gasteiger partial charge < -0.3 is 5.48 Å². The van der Waals surface area contributed by atoms with Gasteiger partial charge in [-0.1, -0.05) is 42.5 Å². The maximum absolute atomic E-state index is 4.73. The summed E-state index contributed by atoms with van der Waals surface area (Å²) in [5.74, 6) is 1.56. The van der Waals surface area contributed by atoms with E-state index >= 15 is 0 Å². The molecule has 4 aromatic rings. The molecule has 0 aliphatic carbocycles. The molecule has 0 radical (unpaired) electrons. The van der Waals surface area contributed by atoms with Gasteiger partial charge >= 0.3 is 0 Å². The van der Waals surface area contributed by atoms with Gasteiger partial charge in [0.05, 0.1) is 5.52 Å². The highest BCUT2D eigenvalue weighted by molar-refractivity contribution is 5.87. The topological polar surface area (TPSA) is 75.1 Å². The molecule has 2 aromatic heterocycles. The molecule has 2 N–H and O–H groups in total. The maximum atomic E-state index is 4.73. The first-order chi connectivity index (χ1) is 10.4. The standard InChI is InChI=1S/C17H12N4.2ClH.H2O/c1-2-6-13(7-3-1)16-19-15-9-5-4-8-14(15)17(20-16)21-11-10-18-12-21;;;/h1-12H;2*1H;1H2. The molecule has 0 amide bonds. The van der Waals surface area contributed by atoms with Crippen LogP contribution in [0.4, 0.5) is 0 Å². The second-order valence-electron chi connectivity index (χ2n) is 4.72. The summed E-state index contributed by atoms with van der Waals surface area (Å²) in [6.07, 6.45) is 5.40. The van der Waals surface area contributed by atoms with Crippen molar-refractivity contribution in [2.24, 2.45) is 0 Å². The van der Waals surface area contributed by atoms with Gasteiger partial charge in [0, 0.05) is 23.3 Å². The van der Waals surface area contributed by atoms with Crippen molar-refractivity contribution < 1.29 is 5.48 Å². The highest BCUT2D eigenvalue weighted by Crippen LogP contribution is 2.23. The third kappa shape index (κ3) is 3.54. The Bertz CT molecular complexity index is 899. The molecular formula is C17H16Cl2N4O. The van der Waals surface area contributed by atoms with Crippen molar-refractivity contribution in [2.75, 3.05) is 0 Å². The number of halogens is 2. The van der Waals surface area contributed by atoms with Crippen LogP contribution >= 0.6 is 24.8 Å². The molecule has 0 bridgehead atoms. The van der Waals surface area contributed by atoms with Crippen LogP contribution in [-0.4, -0.2) is 25.0 Å². The smallest absolute Gasteiger partial charge is 0.162 e. The van der Waals surface area contributed by atoms with E-state index in [2.05, 4.69) is 9.97 Å². The van der Waals surface area contributed by atoms with Crippen LogP contribution in [0.25, 0.3) is 28.1 Å². The Morgan fingerprint density at radius 1 is 0.792 bits per heavy atom. The third-order valence-corrected chi connectivity index (χ3v) is 3.36. The first-order valence-corrected chi connectivity index (χ1v) is 6.72. The summed E-state index contributed by atoms with van der Waals surface area (Å²) in [4.78, 5) is 13.5. The molecule has 0 saturated heterocycles. The van der Waals surface area contributed by atoms with Crippen molar-refractivity contribution in [1.29, 1.82) is 0 Å². The second kappa shape index (κ2) is 8.40. The van der Waals surface area contributed by atoms with Crippen LogP contribution in [0.5, 0.6) is 0 Å². The fraction of sp³-hybridized carbons (Fsp3) is 0. The number of aromatic nitrogens is 4. The van der Waals surface area contributed by atoms with E-state index in [1.807, 2.05) is 65.4 Å². The Morgan fingerprint density at radius 2 is 1.50 bits per heavy atom. The van der Waals surface area contributed by atoms with Crippen LogP contribution in [0.3, 0.4) is 0 Å². The van der Waals surface area contributed by atoms with Crippen molar-refractivity contribution in [3.8, 4) is 17.2 Å². The lowest BCUT2D eigenvalue weighted by Crippen LogP contribution is -2.00. The van der Waals surface area contributed by atoms with Gasteiger partial charge in [-0.2, -0.15) is 0 Å². The average Bonchev–Trinajstić information content (AvgIpc) is 3.09. The number of hydrogen-bond donors (Lipinski definition) is 0. The van der Waals surface area contributed by atoms with Gasteiger partial charge in [-0.3, -0.25) is 4.57 Å². The number of benzene rings is 2. The van der Waals surface area contributed by atoms with Crippen LogP contribution < -0.4 is 0 Å². The van der Waals surface area contributed by atoms with E-state index in [1.54, 1.807) is 12.5 Å². The van der Waals surface area contributed by atoms with Crippen molar-refractivity contribution in [1.82, 2.24) is 19.5 Å². The summed E-state index contributed by atoms with van der Waals surface area (Å²) in [6.45, 7) is 0. The fourth-order valence-corrected chi connectivity index (χ4v) is 2.36. The van der Waals surface area contributed by atoms with Crippen LogP contribution in [0.15, 0.2) is 73.3 Å². The highest BCUT2D eigenvalue weighted by atomic mass is 35.5. The van der Waals surface area contributed by atoms with Crippen LogP contribution in [0, 0.1) is 0 Å². The Hall–Kier alpha value is -2.47. The number of imidazole rings is 1. The van der Waals surface area contributed by atoms with Crippen molar-refractivity contribution in [2.45, 2.75) is 0 Å². The molecule has 4 rings (SSSR count). The van der Waals surface area contributed by atoms with Crippen molar-refractivity contribution in [3.05, 3.63) is 73.3 Å². The van der Waals surface area contributed by atoms with E-state index in [1.165, 1.54) is 0 Å². The Morgan fingerprint density at radius 3 is 2.21 bits per heavy atom. The summed E-state index contributed by atoms with van der Waals surface area (Å²) in [7, 11) is 0. The Balaban J connectivity index is 0.000000960.